The maximum atomic E-state index is 12.3. The number of hydrogen-bond donors (Lipinski definition) is 2. The molecule has 154 valence electrons. The lowest BCUT2D eigenvalue weighted by molar-refractivity contribution is 0.180. The first-order valence-electron chi connectivity index (χ1n) is 9.47. The van der Waals surface area contributed by atoms with E-state index in [0.29, 0.717) is 17.9 Å². The summed E-state index contributed by atoms with van der Waals surface area (Å²) in [5.41, 5.74) is 0. The first-order valence-corrected chi connectivity index (χ1v) is 11.1. The van der Waals surface area contributed by atoms with Crippen molar-refractivity contribution < 1.29 is 13.2 Å². The van der Waals surface area contributed by atoms with Crippen LogP contribution in [0, 0.1) is 0 Å². The molecule has 0 bridgehead atoms. The van der Waals surface area contributed by atoms with Crippen LogP contribution in [0.25, 0.3) is 0 Å². The van der Waals surface area contributed by atoms with Crippen molar-refractivity contribution in [2.45, 2.75) is 24.7 Å². The minimum Gasteiger partial charge on any atom is -0.385 e. The van der Waals surface area contributed by atoms with Crippen LogP contribution in [-0.4, -0.2) is 78.5 Å². The number of likely N-dealkylation sites (N-methyl/N-ethyl adjacent to an activating group) is 1. The molecular formula is C19H34N4O3S. The molecule has 1 aromatic rings. The number of benzene rings is 1. The van der Waals surface area contributed by atoms with Crippen LogP contribution in [0.5, 0.6) is 0 Å². The number of nitrogens with zero attached hydrogens (tertiary/aromatic N) is 2. The van der Waals surface area contributed by atoms with Crippen molar-refractivity contribution in [1.82, 2.24) is 15.5 Å². The summed E-state index contributed by atoms with van der Waals surface area (Å²) in [5, 5.41) is 6.48. The number of guanidine groups is 1. The fourth-order valence-electron chi connectivity index (χ4n) is 2.49. The van der Waals surface area contributed by atoms with Gasteiger partial charge in [-0.1, -0.05) is 18.2 Å². The van der Waals surface area contributed by atoms with Crippen molar-refractivity contribution >= 4 is 15.8 Å². The Morgan fingerprint density at radius 2 is 1.89 bits per heavy atom. The van der Waals surface area contributed by atoms with Crippen LogP contribution >= 0.6 is 0 Å². The summed E-state index contributed by atoms with van der Waals surface area (Å²) in [4.78, 5) is 7.08. The van der Waals surface area contributed by atoms with Gasteiger partial charge in [-0.3, -0.25) is 4.99 Å². The van der Waals surface area contributed by atoms with Gasteiger partial charge in [0.2, 0.25) is 0 Å². The van der Waals surface area contributed by atoms with Crippen LogP contribution in [0.2, 0.25) is 0 Å². The first-order chi connectivity index (χ1) is 13.0. The van der Waals surface area contributed by atoms with Crippen molar-refractivity contribution in [3.63, 3.8) is 0 Å². The van der Waals surface area contributed by atoms with Crippen LogP contribution in [-0.2, 0) is 14.6 Å². The van der Waals surface area contributed by atoms with Crippen molar-refractivity contribution in [2.75, 3.05) is 59.2 Å². The Balaban J connectivity index is 2.36. The number of aliphatic imine (C=N–C) groups is 1. The van der Waals surface area contributed by atoms with Gasteiger partial charge in [0.15, 0.2) is 15.8 Å². The molecule has 27 heavy (non-hydrogen) atoms. The van der Waals surface area contributed by atoms with E-state index >= 15 is 0 Å². The van der Waals surface area contributed by atoms with Gasteiger partial charge in [0.25, 0.3) is 0 Å². The van der Waals surface area contributed by atoms with E-state index in [4.69, 9.17) is 4.74 Å². The zero-order valence-electron chi connectivity index (χ0n) is 16.8. The fourth-order valence-corrected chi connectivity index (χ4v) is 3.81. The van der Waals surface area contributed by atoms with Gasteiger partial charge in [0.05, 0.1) is 10.6 Å². The Hall–Kier alpha value is -1.64. The lowest BCUT2D eigenvalue weighted by Gasteiger charge is -2.18. The molecule has 1 aromatic carbocycles. The molecule has 0 saturated carbocycles. The quantitative estimate of drug-likeness (QED) is 0.297. The van der Waals surface area contributed by atoms with E-state index in [1.165, 1.54) is 0 Å². The fraction of sp³-hybridized carbons (Fsp3) is 0.632. The minimum absolute atomic E-state index is 0.0994. The van der Waals surface area contributed by atoms with Crippen LogP contribution in [0.3, 0.4) is 0 Å². The zero-order chi connectivity index (χ0) is 20.0. The van der Waals surface area contributed by atoms with E-state index in [2.05, 4.69) is 27.6 Å². The van der Waals surface area contributed by atoms with Crippen LogP contribution < -0.4 is 10.6 Å². The van der Waals surface area contributed by atoms with Crippen LogP contribution in [0.4, 0.5) is 0 Å². The van der Waals surface area contributed by atoms with Gasteiger partial charge in [0, 0.05) is 46.4 Å². The molecule has 0 aliphatic carbocycles. The normalized spacial score (nSPS) is 12.4. The standard InChI is InChI=1S/C19H34N4O3S/c1-4-20-19(22-13-15-23(2)14-9-16-26-3)21-12-8-17-27(24,25)18-10-6-5-7-11-18/h5-7,10-11H,4,8-9,12-17H2,1-3H3,(H2,20,21,22). The minimum atomic E-state index is -3.24. The third-order valence-corrected chi connectivity index (χ3v) is 5.78. The van der Waals surface area contributed by atoms with Crippen molar-refractivity contribution in [3.05, 3.63) is 30.3 Å². The molecule has 0 aliphatic rings. The average molecular weight is 399 g/mol. The zero-order valence-corrected chi connectivity index (χ0v) is 17.6. The smallest absolute Gasteiger partial charge is 0.191 e. The maximum Gasteiger partial charge on any atom is 0.191 e. The number of sulfone groups is 1. The lowest BCUT2D eigenvalue weighted by atomic mass is 10.4. The Bertz CT molecular complexity index is 636. The summed E-state index contributed by atoms with van der Waals surface area (Å²) in [6, 6.07) is 8.56. The summed E-state index contributed by atoms with van der Waals surface area (Å²) < 4.78 is 29.6. The van der Waals surface area contributed by atoms with Gasteiger partial charge in [-0.15, -0.1) is 0 Å². The van der Waals surface area contributed by atoms with E-state index in [1.54, 1.807) is 31.4 Å². The molecule has 0 saturated heterocycles. The highest BCUT2D eigenvalue weighted by molar-refractivity contribution is 7.91. The number of nitrogens with one attached hydrogen (secondary N) is 2. The van der Waals surface area contributed by atoms with E-state index in [9.17, 15) is 8.42 Å². The molecule has 0 amide bonds. The summed E-state index contributed by atoms with van der Waals surface area (Å²) in [5.74, 6) is 0.821. The summed E-state index contributed by atoms with van der Waals surface area (Å²) in [7, 11) is 0.557. The van der Waals surface area contributed by atoms with Gasteiger partial charge >= 0.3 is 0 Å². The predicted octanol–water partition coefficient (Wildman–Crippen LogP) is 1.37. The van der Waals surface area contributed by atoms with Crippen molar-refractivity contribution in [3.8, 4) is 0 Å². The molecule has 0 unspecified atom stereocenters. The Kier molecular flexibility index (Phi) is 11.7. The van der Waals surface area contributed by atoms with E-state index < -0.39 is 9.84 Å². The van der Waals surface area contributed by atoms with Gasteiger partial charge in [-0.2, -0.15) is 0 Å². The summed E-state index contributed by atoms with van der Waals surface area (Å²) >= 11 is 0. The molecule has 0 aliphatic heterocycles. The SMILES string of the molecule is CCNC(=NCCCS(=O)(=O)c1ccccc1)NCCN(C)CCCOC. The van der Waals surface area contributed by atoms with Gasteiger partial charge < -0.3 is 20.3 Å². The monoisotopic (exact) mass is 398 g/mol. The average Bonchev–Trinajstić information content (AvgIpc) is 2.66. The summed E-state index contributed by atoms with van der Waals surface area (Å²) in [6.07, 6.45) is 1.50. The second-order valence-corrected chi connectivity index (χ2v) is 8.43. The van der Waals surface area contributed by atoms with E-state index in [0.717, 1.165) is 45.2 Å². The Morgan fingerprint density at radius 1 is 1.15 bits per heavy atom. The molecule has 0 aromatic heterocycles. The highest BCUT2D eigenvalue weighted by atomic mass is 32.2. The van der Waals surface area contributed by atoms with Gasteiger partial charge in [-0.05, 0) is 38.9 Å². The second kappa shape index (κ2) is 13.5. The van der Waals surface area contributed by atoms with E-state index in [1.807, 2.05) is 13.0 Å². The highest BCUT2D eigenvalue weighted by Crippen LogP contribution is 2.10. The molecule has 0 heterocycles. The molecule has 0 spiro atoms. The van der Waals surface area contributed by atoms with Crippen LogP contribution in [0.15, 0.2) is 40.2 Å². The van der Waals surface area contributed by atoms with Gasteiger partial charge in [0.1, 0.15) is 0 Å². The van der Waals surface area contributed by atoms with Crippen LogP contribution in [0.1, 0.15) is 19.8 Å². The van der Waals surface area contributed by atoms with Crippen molar-refractivity contribution in [2.24, 2.45) is 4.99 Å². The maximum absolute atomic E-state index is 12.3. The molecular weight excluding hydrogens is 364 g/mol. The Morgan fingerprint density at radius 3 is 2.56 bits per heavy atom. The number of hydrogen-bond acceptors (Lipinski definition) is 5. The number of rotatable bonds is 13. The number of ether oxygens (including phenoxy) is 1. The van der Waals surface area contributed by atoms with Gasteiger partial charge in [-0.25, -0.2) is 8.42 Å². The molecule has 8 heteroatoms. The third-order valence-electron chi connectivity index (χ3n) is 3.96. The molecule has 1 rings (SSSR count). The largest absolute Gasteiger partial charge is 0.385 e. The second-order valence-electron chi connectivity index (χ2n) is 6.32. The van der Waals surface area contributed by atoms with Crippen molar-refractivity contribution in [1.29, 1.82) is 0 Å². The first kappa shape index (κ1) is 23.4. The molecule has 0 fully saturated rings. The molecule has 0 radical (unpaired) electrons. The van der Waals surface area contributed by atoms with E-state index in [-0.39, 0.29) is 5.75 Å². The summed E-state index contributed by atoms with van der Waals surface area (Å²) in [6.45, 7) is 6.67. The Labute approximate surface area is 164 Å². The molecule has 0 atom stereocenters. The third kappa shape index (κ3) is 10.3. The highest BCUT2D eigenvalue weighted by Gasteiger charge is 2.12. The molecule has 7 nitrogen and oxygen atoms in total. The predicted molar refractivity (Wildman–Crippen MR) is 111 cm³/mol. The number of methoxy groups -OCH3 is 1. The topological polar surface area (TPSA) is 83.0 Å². The molecule has 2 N–H and O–H groups in total. The lowest BCUT2D eigenvalue weighted by Crippen LogP contribution is -2.41.